The summed E-state index contributed by atoms with van der Waals surface area (Å²) in [5, 5.41) is 0. The second kappa shape index (κ2) is 3.14. The molecule has 0 aromatic rings. The first-order valence-electron chi connectivity index (χ1n) is 4.99. The summed E-state index contributed by atoms with van der Waals surface area (Å²) in [6.07, 6.45) is 10.1. The van der Waals surface area contributed by atoms with Crippen LogP contribution in [0.2, 0.25) is 0 Å². The van der Waals surface area contributed by atoms with Gasteiger partial charge in [0, 0.05) is 13.2 Å². The van der Waals surface area contributed by atoms with Crippen molar-refractivity contribution in [2.75, 3.05) is 13.2 Å². The van der Waals surface area contributed by atoms with E-state index in [-0.39, 0.29) is 0 Å². The van der Waals surface area contributed by atoms with Gasteiger partial charge in [-0.2, -0.15) is 0 Å². The molecule has 0 amide bonds. The highest BCUT2D eigenvalue weighted by atomic mass is 16.5. The van der Waals surface area contributed by atoms with Crippen molar-refractivity contribution in [3.63, 3.8) is 0 Å². The Morgan fingerprint density at radius 3 is 2.00 bits per heavy atom. The van der Waals surface area contributed by atoms with Crippen LogP contribution in [-0.4, -0.2) is 13.2 Å². The van der Waals surface area contributed by atoms with E-state index >= 15 is 0 Å². The van der Waals surface area contributed by atoms with E-state index in [1.807, 2.05) is 0 Å². The minimum atomic E-state index is 0.733. The summed E-state index contributed by atoms with van der Waals surface area (Å²) in [5.74, 6) is 0. The molecule has 0 aromatic heterocycles. The molecule has 0 bridgehead atoms. The molecule has 1 aliphatic heterocycles. The first-order chi connectivity index (χ1) is 5.41. The van der Waals surface area contributed by atoms with Gasteiger partial charge in [0.1, 0.15) is 0 Å². The van der Waals surface area contributed by atoms with Crippen molar-refractivity contribution in [3.8, 4) is 0 Å². The summed E-state index contributed by atoms with van der Waals surface area (Å²) < 4.78 is 5.40. The van der Waals surface area contributed by atoms with Crippen LogP contribution in [-0.2, 0) is 4.74 Å². The standard InChI is InChI=1S/C10H18O/c1-2-4-10(5-3-1)6-8-11-9-7-10/h1-9H2. The molecule has 2 rings (SSSR count). The summed E-state index contributed by atoms with van der Waals surface area (Å²) in [5.41, 5.74) is 0.733. The molecule has 1 saturated carbocycles. The van der Waals surface area contributed by atoms with E-state index in [1.165, 1.54) is 44.9 Å². The van der Waals surface area contributed by atoms with Crippen molar-refractivity contribution in [2.45, 2.75) is 44.9 Å². The van der Waals surface area contributed by atoms with Crippen LogP contribution < -0.4 is 0 Å². The highest BCUT2D eigenvalue weighted by molar-refractivity contribution is 4.84. The number of hydrogen-bond acceptors (Lipinski definition) is 1. The molecule has 0 atom stereocenters. The average molecular weight is 154 g/mol. The third kappa shape index (κ3) is 1.58. The van der Waals surface area contributed by atoms with Crippen molar-refractivity contribution in [2.24, 2.45) is 5.41 Å². The predicted molar refractivity (Wildman–Crippen MR) is 45.6 cm³/mol. The molecule has 1 heterocycles. The van der Waals surface area contributed by atoms with Gasteiger partial charge in [0.25, 0.3) is 0 Å². The maximum atomic E-state index is 5.40. The van der Waals surface area contributed by atoms with E-state index in [0.29, 0.717) is 0 Å². The van der Waals surface area contributed by atoms with Crippen LogP contribution in [0.5, 0.6) is 0 Å². The summed E-state index contributed by atoms with van der Waals surface area (Å²) in [7, 11) is 0. The van der Waals surface area contributed by atoms with E-state index in [4.69, 9.17) is 4.74 Å². The van der Waals surface area contributed by atoms with E-state index in [9.17, 15) is 0 Å². The maximum absolute atomic E-state index is 5.40. The van der Waals surface area contributed by atoms with Crippen LogP contribution in [0.1, 0.15) is 44.9 Å². The molecule has 64 valence electrons. The van der Waals surface area contributed by atoms with Gasteiger partial charge in [-0.05, 0) is 31.1 Å². The minimum absolute atomic E-state index is 0.733. The number of rotatable bonds is 0. The minimum Gasteiger partial charge on any atom is -0.381 e. The summed E-state index contributed by atoms with van der Waals surface area (Å²) >= 11 is 0. The van der Waals surface area contributed by atoms with Gasteiger partial charge in [-0.15, -0.1) is 0 Å². The fourth-order valence-electron chi connectivity index (χ4n) is 2.61. The average Bonchev–Trinajstić information content (AvgIpc) is 2.07. The highest BCUT2D eigenvalue weighted by Crippen LogP contribution is 2.43. The van der Waals surface area contributed by atoms with Gasteiger partial charge in [-0.1, -0.05) is 19.3 Å². The Morgan fingerprint density at radius 1 is 0.727 bits per heavy atom. The predicted octanol–water partition coefficient (Wildman–Crippen LogP) is 2.75. The lowest BCUT2D eigenvalue weighted by Gasteiger charge is -2.40. The molecule has 0 aromatic carbocycles. The Hall–Kier alpha value is -0.0400. The normalized spacial score (nSPS) is 30.5. The first-order valence-corrected chi connectivity index (χ1v) is 4.99. The lowest BCUT2D eigenvalue weighted by Crippen LogP contribution is -2.31. The van der Waals surface area contributed by atoms with Crippen molar-refractivity contribution in [1.82, 2.24) is 0 Å². The Bertz CT molecular complexity index is 99.3. The monoisotopic (exact) mass is 154 g/mol. The van der Waals surface area contributed by atoms with Gasteiger partial charge in [0.05, 0.1) is 0 Å². The van der Waals surface area contributed by atoms with Crippen LogP contribution in [0.4, 0.5) is 0 Å². The van der Waals surface area contributed by atoms with Crippen molar-refractivity contribution in [1.29, 1.82) is 0 Å². The van der Waals surface area contributed by atoms with Gasteiger partial charge < -0.3 is 4.74 Å². The van der Waals surface area contributed by atoms with Crippen molar-refractivity contribution in [3.05, 3.63) is 0 Å². The molecule has 1 heteroatoms. The van der Waals surface area contributed by atoms with Gasteiger partial charge >= 0.3 is 0 Å². The van der Waals surface area contributed by atoms with Gasteiger partial charge in [0.2, 0.25) is 0 Å². The topological polar surface area (TPSA) is 9.23 Å². The Labute approximate surface area is 69.1 Å². The second-order valence-corrected chi connectivity index (χ2v) is 4.17. The van der Waals surface area contributed by atoms with Crippen LogP contribution in [0, 0.1) is 5.41 Å². The van der Waals surface area contributed by atoms with Crippen molar-refractivity contribution >= 4 is 0 Å². The lowest BCUT2D eigenvalue weighted by molar-refractivity contribution is -0.00472. The first kappa shape index (κ1) is 7.60. The highest BCUT2D eigenvalue weighted by Gasteiger charge is 2.33. The molecule has 2 aliphatic rings. The maximum Gasteiger partial charge on any atom is 0.0471 e. The number of hydrogen-bond donors (Lipinski definition) is 0. The summed E-state index contributed by atoms with van der Waals surface area (Å²) in [6.45, 7) is 2.06. The van der Waals surface area contributed by atoms with E-state index < -0.39 is 0 Å². The van der Waals surface area contributed by atoms with E-state index in [0.717, 1.165) is 18.6 Å². The van der Waals surface area contributed by atoms with Gasteiger partial charge in [0.15, 0.2) is 0 Å². The Morgan fingerprint density at radius 2 is 1.36 bits per heavy atom. The quantitative estimate of drug-likeness (QED) is 0.521. The SMILES string of the molecule is C1CCC2(CC1)CCOCC2. The number of ether oxygens (including phenoxy) is 1. The molecule has 0 unspecified atom stereocenters. The van der Waals surface area contributed by atoms with Gasteiger partial charge in [-0.3, -0.25) is 0 Å². The summed E-state index contributed by atoms with van der Waals surface area (Å²) in [6, 6.07) is 0. The molecule has 0 N–H and O–H groups in total. The fourth-order valence-corrected chi connectivity index (χ4v) is 2.61. The zero-order valence-electron chi connectivity index (χ0n) is 7.27. The van der Waals surface area contributed by atoms with Gasteiger partial charge in [-0.25, -0.2) is 0 Å². The molecule has 11 heavy (non-hydrogen) atoms. The molecule has 0 radical (unpaired) electrons. The zero-order chi connectivity index (χ0) is 7.57. The van der Waals surface area contributed by atoms with Crippen LogP contribution in [0.3, 0.4) is 0 Å². The largest absolute Gasteiger partial charge is 0.381 e. The molecule has 1 nitrogen and oxygen atoms in total. The van der Waals surface area contributed by atoms with E-state index in [1.54, 1.807) is 0 Å². The third-order valence-corrected chi connectivity index (χ3v) is 3.47. The molecular formula is C10H18O. The van der Waals surface area contributed by atoms with Crippen molar-refractivity contribution < 1.29 is 4.74 Å². The lowest BCUT2D eigenvalue weighted by atomic mass is 9.69. The molecule has 1 spiro atoms. The Kier molecular flexibility index (Phi) is 2.17. The molecule has 2 fully saturated rings. The van der Waals surface area contributed by atoms with E-state index in [2.05, 4.69) is 0 Å². The Balaban J connectivity index is 1.94. The molecule has 1 aliphatic carbocycles. The summed E-state index contributed by atoms with van der Waals surface area (Å²) in [4.78, 5) is 0. The van der Waals surface area contributed by atoms with Crippen LogP contribution >= 0.6 is 0 Å². The molecular weight excluding hydrogens is 136 g/mol. The second-order valence-electron chi connectivity index (χ2n) is 4.17. The fraction of sp³-hybridized carbons (Fsp3) is 1.00. The van der Waals surface area contributed by atoms with Crippen LogP contribution in [0.25, 0.3) is 0 Å². The molecule has 1 saturated heterocycles. The van der Waals surface area contributed by atoms with Crippen LogP contribution in [0.15, 0.2) is 0 Å². The third-order valence-electron chi connectivity index (χ3n) is 3.47. The smallest absolute Gasteiger partial charge is 0.0471 e. The zero-order valence-corrected chi connectivity index (χ0v) is 7.27.